The second-order valence-corrected chi connectivity index (χ2v) is 6.67. The second-order valence-electron chi connectivity index (χ2n) is 6.67. The molecule has 2 heterocycles. The Morgan fingerprint density at radius 1 is 1.52 bits per heavy atom. The van der Waals surface area contributed by atoms with Gasteiger partial charge in [0, 0.05) is 32.2 Å². The smallest absolute Gasteiger partial charge is 0.227 e. The van der Waals surface area contributed by atoms with Crippen molar-refractivity contribution in [1.29, 1.82) is 0 Å². The Hall–Kier alpha value is -1.46. The lowest BCUT2D eigenvalue weighted by atomic mass is 9.73. The molecule has 126 valence electrons. The Kier molecular flexibility index (Phi) is 4.97. The number of hydrogen-bond acceptors (Lipinski definition) is 3. The van der Waals surface area contributed by atoms with Gasteiger partial charge in [-0.1, -0.05) is 12.1 Å². The van der Waals surface area contributed by atoms with Crippen molar-refractivity contribution in [1.82, 2.24) is 4.90 Å². The Bertz CT molecular complexity index is 561. The van der Waals surface area contributed by atoms with Gasteiger partial charge >= 0.3 is 0 Å². The molecule has 1 aromatic carbocycles. The number of ether oxygens (including phenoxy) is 2. The molecule has 3 rings (SSSR count). The molecule has 2 saturated heterocycles. The highest BCUT2D eigenvalue weighted by Crippen LogP contribution is 2.40. The first-order chi connectivity index (χ1) is 11.1. The third-order valence-corrected chi connectivity index (χ3v) is 5.02. The zero-order valence-corrected chi connectivity index (χ0v) is 13.6. The molecular weight excluding hydrogens is 297 g/mol. The van der Waals surface area contributed by atoms with E-state index in [2.05, 4.69) is 0 Å². The minimum Gasteiger partial charge on any atom is -0.384 e. The first-order valence-corrected chi connectivity index (χ1v) is 8.26. The van der Waals surface area contributed by atoms with Gasteiger partial charge in [0.05, 0.1) is 19.1 Å². The van der Waals surface area contributed by atoms with Crippen LogP contribution in [0, 0.1) is 11.2 Å². The number of likely N-dealkylation sites (tertiary alicyclic amines) is 1. The van der Waals surface area contributed by atoms with Crippen LogP contribution in [0.5, 0.6) is 0 Å². The Balaban J connectivity index is 1.69. The number of nitrogens with zero attached hydrogens (tertiary/aromatic N) is 1. The van der Waals surface area contributed by atoms with E-state index in [1.807, 2.05) is 4.90 Å². The molecule has 0 N–H and O–H groups in total. The maximum Gasteiger partial charge on any atom is 0.227 e. The highest BCUT2D eigenvalue weighted by molar-refractivity contribution is 5.79. The number of piperidine rings is 1. The van der Waals surface area contributed by atoms with Gasteiger partial charge in [0.1, 0.15) is 5.82 Å². The molecule has 0 radical (unpaired) electrons. The van der Waals surface area contributed by atoms with E-state index in [1.54, 1.807) is 19.2 Å². The lowest BCUT2D eigenvalue weighted by Gasteiger charge is -2.50. The van der Waals surface area contributed by atoms with Gasteiger partial charge in [-0.2, -0.15) is 0 Å². The summed E-state index contributed by atoms with van der Waals surface area (Å²) in [6.07, 6.45) is 3.29. The van der Waals surface area contributed by atoms with Crippen molar-refractivity contribution in [3.8, 4) is 0 Å². The van der Waals surface area contributed by atoms with Gasteiger partial charge in [0.25, 0.3) is 0 Å². The average Bonchev–Trinajstić information content (AvgIpc) is 2.54. The number of rotatable bonds is 4. The quantitative estimate of drug-likeness (QED) is 0.855. The van der Waals surface area contributed by atoms with Crippen molar-refractivity contribution in [3.05, 3.63) is 35.6 Å². The van der Waals surface area contributed by atoms with E-state index in [-0.39, 0.29) is 29.7 Å². The Morgan fingerprint density at radius 3 is 3.17 bits per heavy atom. The van der Waals surface area contributed by atoms with Crippen LogP contribution in [0.4, 0.5) is 4.39 Å². The van der Waals surface area contributed by atoms with Crippen LogP contribution in [0.1, 0.15) is 24.8 Å². The molecule has 2 fully saturated rings. The summed E-state index contributed by atoms with van der Waals surface area (Å²) < 4.78 is 24.7. The van der Waals surface area contributed by atoms with Crippen LogP contribution in [0.3, 0.4) is 0 Å². The number of benzene rings is 1. The van der Waals surface area contributed by atoms with Gasteiger partial charge in [0.15, 0.2) is 0 Å². The molecule has 1 amide bonds. The van der Waals surface area contributed by atoms with E-state index in [0.717, 1.165) is 31.4 Å². The summed E-state index contributed by atoms with van der Waals surface area (Å²) in [5.74, 6) is -0.249. The molecule has 0 saturated carbocycles. The van der Waals surface area contributed by atoms with Crippen molar-refractivity contribution in [2.75, 3.05) is 33.4 Å². The van der Waals surface area contributed by atoms with Crippen LogP contribution in [-0.4, -0.2) is 50.3 Å². The van der Waals surface area contributed by atoms with Gasteiger partial charge in [-0.15, -0.1) is 0 Å². The molecule has 2 unspecified atom stereocenters. The lowest BCUT2D eigenvalue weighted by Crippen LogP contribution is -2.58. The van der Waals surface area contributed by atoms with Crippen molar-refractivity contribution in [3.63, 3.8) is 0 Å². The van der Waals surface area contributed by atoms with E-state index < -0.39 is 0 Å². The molecule has 2 aliphatic heterocycles. The topological polar surface area (TPSA) is 38.8 Å². The predicted octanol–water partition coefficient (Wildman–Crippen LogP) is 2.41. The van der Waals surface area contributed by atoms with E-state index >= 15 is 0 Å². The number of methoxy groups -OCH3 is 1. The summed E-state index contributed by atoms with van der Waals surface area (Å²) in [6, 6.07) is 6.26. The summed E-state index contributed by atoms with van der Waals surface area (Å²) in [5, 5.41) is 0. The average molecular weight is 321 g/mol. The van der Waals surface area contributed by atoms with Crippen molar-refractivity contribution in [2.45, 2.75) is 31.8 Å². The summed E-state index contributed by atoms with van der Waals surface area (Å²) in [7, 11) is 1.70. The molecule has 0 aromatic heterocycles. The molecule has 23 heavy (non-hydrogen) atoms. The predicted molar refractivity (Wildman–Crippen MR) is 84.6 cm³/mol. The molecule has 4 nitrogen and oxygen atoms in total. The van der Waals surface area contributed by atoms with Crippen LogP contribution < -0.4 is 0 Å². The molecule has 2 aliphatic rings. The maximum atomic E-state index is 13.3. The Morgan fingerprint density at radius 2 is 2.39 bits per heavy atom. The normalized spacial score (nSPS) is 27.6. The van der Waals surface area contributed by atoms with Gasteiger partial charge in [-0.3, -0.25) is 4.79 Å². The van der Waals surface area contributed by atoms with Crippen LogP contribution in [0.2, 0.25) is 0 Å². The number of halogens is 1. The van der Waals surface area contributed by atoms with Crippen LogP contribution in [0.15, 0.2) is 24.3 Å². The van der Waals surface area contributed by atoms with Crippen LogP contribution in [0.25, 0.3) is 0 Å². The minimum atomic E-state index is -0.300. The number of amides is 1. The van der Waals surface area contributed by atoms with Gasteiger partial charge < -0.3 is 14.4 Å². The molecule has 0 aliphatic carbocycles. The largest absolute Gasteiger partial charge is 0.384 e. The van der Waals surface area contributed by atoms with Gasteiger partial charge in [-0.05, 0) is 37.0 Å². The maximum absolute atomic E-state index is 13.3. The van der Waals surface area contributed by atoms with Crippen molar-refractivity contribution < 1.29 is 18.7 Å². The summed E-state index contributed by atoms with van der Waals surface area (Å²) in [5.41, 5.74) is 0.626. The minimum absolute atomic E-state index is 0.0510. The van der Waals surface area contributed by atoms with E-state index in [4.69, 9.17) is 9.47 Å². The highest BCUT2D eigenvalue weighted by Gasteiger charge is 2.46. The summed E-state index contributed by atoms with van der Waals surface area (Å²) in [6.45, 7) is 2.78. The van der Waals surface area contributed by atoms with E-state index in [9.17, 15) is 9.18 Å². The van der Waals surface area contributed by atoms with Gasteiger partial charge in [0.2, 0.25) is 5.91 Å². The fourth-order valence-electron chi connectivity index (χ4n) is 3.93. The van der Waals surface area contributed by atoms with Crippen LogP contribution >= 0.6 is 0 Å². The van der Waals surface area contributed by atoms with Gasteiger partial charge in [-0.25, -0.2) is 4.39 Å². The number of hydrogen-bond donors (Lipinski definition) is 0. The zero-order chi connectivity index (χ0) is 16.3. The molecule has 1 aromatic rings. The zero-order valence-electron chi connectivity index (χ0n) is 13.6. The molecule has 5 heteroatoms. The fourth-order valence-corrected chi connectivity index (χ4v) is 3.93. The first-order valence-electron chi connectivity index (χ1n) is 8.26. The highest BCUT2D eigenvalue weighted by atomic mass is 19.1. The van der Waals surface area contributed by atoms with E-state index in [1.165, 1.54) is 12.1 Å². The molecule has 2 atom stereocenters. The number of carbonyl (C=O) groups excluding carboxylic acids is 1. The SMILES string of the molecule is COCC12CCCOC1CCN(C(=O)Cc1cccc(F)c1)C2. The number of fused-ring (bicyclic) bond motifs is 1. The number of carbonyl (C=O) groups is 1. The third kappa shape index (κ3) is 3.56. The van der Waals surface area contributed by atoms with Crippen LogP contribution in [-0.2, 0) is 20.7 Å². The third-order valence-electron chi connectivity index (χ3n) is 5.02. The lowest BCUT2D eigenvalue weighted by molar-refractivity contribution is -0.161. The fraction of sp³-hybridized carbons (Fsp3) is 0.611. The molecule has 0 spiro atoms. The summed E-state index contributed by atoms with van der Waals surface area (Å²) >= 11 is 0. The Labute approximate surface area is 136 Å². The first kappa shape index (κ1) is 16.4. The molecule has 0 bridgehead atoms. The van der Waals surface area contributed by atoms with E-state index in [0.29, 0.717) is 19.7 Å². The van der Waals surface area contributed by atoms with Crippen molar-refractivity contribution >= 4 is 5.91 Å². The summed E-state index contributed by atoms with van der Waals surface area (Å²) in [4.78, 5) is 14.5. The molecular formula is C18H24FNO3. The standard InChI is InChI=1S/C18H24FNO3/c1-22-13-18-7-3-9-23-16(18)6-8-20(12-18)17(21)11-14-4-2-5-15(19)10-14/h2,4-5,10,16H,3,6-9,11-13H2,1H3. The second kappa shape index (κ2) is 6.97. The monoisotopic (exact) mass is 321 g/mol. The van der Waals surface area contributed by atoms with Crippen molar-refractivity contribution in [2.24, 2.45) is 5.41 Å².